The van der Waals surface area contributed by atoms with Gasteiger partial charge in [-0.15, -0.1) is 0 Å². The number of likely N-dealkylation sites (tertiary alicyclic amines) is 1. The number of carbonyl (C=O) groups excluding carboxylic acids is 1. The molecule has 0 radical (unpaired) electrons. The number of benzene rings is 1. The summed E-state index contributed by atoms with van der Waals surface area (Å²) in [5.41, 5.74) is -0.0141. The van der Waals surface area contributed by atoms with Crippen LogP contribution in [0.5, 0.6) is 0 Å². The van der Waals surface area contributed by atoms with E-state index in [0.29, 0.717) is 0 Å². The smallest absolute Gasteiger partial charge is 0.306 e. The molecule has 2 rings (SSSR count). The molecule has 0 aliphatic carbocycles. The zero-order valence-corrected chi connectivity index (χ0v) is 10.00. The van der Waals surface area contributed by atoms with Gasteiger partial charge in [0.1, 0.15) is 0 Å². The van der Waals surface area contributed by atoms with Crippen LogP contribution in [0.2, 0.25) is 0 Å². The lowest BCUT2D eigenvalue weighted by Crippen LogP contribution is -2.37. The Morgan fingerprint density at radius 3 is 2.06 bits per heavy atom. The van der Waals surface area contributed by atoms with Crippen LogP contribution in [0.25, 0.3) is 0 Å². The molecule has 1 fully saturated rings. The van der Waals surface area contributed by atoms with Gasteiger partial charge in [0.05, 0.1) is 0 Å². The number of nitrogens with zero attached hydrogens (tertiary/aromatic N) is 1. The van der Waals surface area contributed by atoms with Crippen LogP contribution in [0, 0.1) is 0 Å². The normalized spacial score (nSPS) is 15.1. The van der Waals surface area contributed by atoms with E-state index in [-0.39, 0.29) is 5.56 Å². The molecule has 1 saturated heterocycles. The molecule has 0 saturated carbocycles. The van der Waals surface area contributed by atoms with Gasteiger partial charge >= 0.3 is 6.30 Å². The van der Waals surface area contributed by atoms with Crippen LogP contribution in [0.3, 0.4) is 0 Å². The first kappa shape index (κ1) is 14.5. The van der Waals surface area contributed by atoms with Crippen molar-refractivity contribution in [1.29, 1.82) is 0 Å². The van der Waals surface area contributed by atoms with E-state index in [2.05, 4.69) is 11.9 Å². The lowest BCUT2D eigenvalue weighted by molar-refractivity contribution is -0.146. The number of hydrogen-bond acceptors (Lipinski definition) is 2. The summed E-state index contributed by atoms with van der Waals surface area (Å²) in [6.45, 7) is 2.64. The summed E-state index contributed by atoms with van der Waals surface area (Å²) < 4.78 is 35.0. The molecule has 1 N–H and O–H groups in total. The molecule has 1 aromatic rings. The Bertz CT molecular complexity index is 375. The third kappa shape index (κ3) is 5.67. The SMILES string of the molecule is CN1CCC1.O=C(NC(F)(F)F)c1ccccc1. The lowest BCUT2D eigenvalue weighted by Gasteiger charge is -2.24. The van der Waals surface area contributed by atoms with Crippen molar-refractivity contribution in [3.63, 3.8) is 0 Å². The first-order valence-corrected chi connectivity index (χ1v) is 5.51. The predicted molar refractivity (Wildman–Crippen MR) is 62.1 cm³/mol. The first-order chi connectivity index (χ1) is 8.38. The average Bonchev–Trinajstić information content (AvgIpc) is 2.26. The molecule has 6 heteroatoms. The quantitative estimate of drug-likeness (QED) is 0.785. The van der Waals surface area contributed by atoms with Gasteiger partial charge in [0.2, 0.25) is 0 Å². The Labute approximate surface area is 104 Å². The second-order valence-electron chi connectivity index (χ2n) is 3.97. The molecule has 1 aliphatic heterocycles. The van der Waals surface area contributed by atoms with E-state index in [1.54, 1.807) is 6.07 Å². The summed E-state index contributed by atoms with van der Waals surface area (Å²) in [5, 5.41) is 0.896. The van der Waals surface area contributed by atoms with Crippen molar-refractivity contribution >= 4 is 5.91 Å². The standard InChI is InChI=1S/C8H6F3NO.C4H9N/c9-8(10,11)12-7(13)6-4-2-1-3-5-6;1-5-3-2-4-5/h1-5H,(H,12,13);2-4H2,1H3. The molecule has 100 valence electrons. The molecule has 1 amide bonds. The molecule has 0 spiro atoms. The van der Waals surface area contributed by atoms with Crippen LogP contribution in [0.15, 0.2) is 30.3 Å². The first-order valence-electron chi connectivity index (χ1n) is 5.51. The summed E-state index contributed by atoms with van der Waals surface area (Å²) >= 11 is 0. The maximum absolute atomic E-state index is 11.7. The van der Waals surface area contributed by atoms with E-state index < -0.39 is 12.2 Å². The van der Waals surface area contributed by atoms with E-state index in [4.69, 9.17) is 0 Å². The Balaban J connectivity index is 0.000000269. The molecule has 0 bridgehead atoms. The Morgan fingerprint density at radius 1 is 1.22 bits per heavy atom. The summed E-state index contributed by atoms with van der Waals surface area (Å²) in [6, 6.07) is 7.21. The second kappa shape index (κ2) is 6.39. The van der Waals surface area contributed by atoms with Crippen LogP contribution in [-0.4, -0.2) is 37.2 Å². The molecule has 1 aromatic carbocycles. The zero-order valence-electron chi connectivity index (χ0n) is 10.00. The molecule has 0 aromatic heterocycles. The van der Waals surface area contributed by atoms with Gasteiger partial charge in [0.15, 0.2) is 0 Å². The Kier molecular flexibility index (Phi) is 5.15. The number of alkyl halides is 3. The molecule has 1 aliphatic rings. The van der Waals surface area contributed by atoms with E-state index in [9.17, 15) is 18.0 Å². The van der Waals surface area contributed by atoms with E-state index in [1.165, 1.54) is 43.8 Å². The van der Waals surface area contributed by atoms with Crippen molar-refractivity contribution < 1.29 is 18.0 Å². The predicted octanol–water partition coefficient (Wildman–Crippen LogP) is 2.26. The molecule has 18 heavy (non-hydrogen) atoms. The number of rotatable bonds is 1. The summed E-state index contributed by atoms with van der Waals surface area (Å²) in [6.07, 6.45) is -3.26. The molecule has 3 nitrogen and oxygen atoms in total. The number of halogens is 3. The average molecular weight is 260 g/mol. The number of hydrogen-bond donors (Lipinski definition) is 1. The monoisotopic (exact) mass is 260 g/mol. The van der Waals surface area contributed by atoms with Gasteiger partial charge in [0, 0.05) is 5.56 Å². The van der Waals surface area contributed by atoms with E-state index in [1.807, 2.05) is 0 Å². The third-order valence-corrected chi connectivity index (χ3v) is 2.37. The number of amides is 1. The maximum Gasteiger partial charge on any atom is 0.484 e. The third-order valence-electron chi connectivity index (χ3n) is 2.37. The minimum absolute atomic E-state index is 0.0141. The van der Waals surface area contributed by atoms with Gasteiger partial charge < -0.3 is 4.90 Å². The van der Waals surface area contributed by atoms with Gasteiger partial charge in [-0.05, 0) is 38.7 Å². The summed E-state index contributed by atoms with van der Waals surface area (Å²) in [7, 11) is 2.14. The van der Waals surface area contributed by atoms with Crippen molar-refractivity contribution in [2.75, 3.05) is 20.1 Å². The van der Waals surface area contributed by atoms with Crippen LogP contribution in [0.1, 0.15) is 16.8 Å². The largest absolute Gasteiger partial charge is 0.484 e. The topological polar surface area (TPSA) is 32.3 Å². The molecule has 1 heterocycles. The number of carbonyl (C=O) groups is 1. The molecule has 0 atom stereocenters. The van der Waals surface area contributed by atoms with Gasteiger partial charge in [-0.1, -0.05) is 18.2 Å². The fraction of sp³-hybridized carbons (Fsp3) is 0.417. The van der Waals surface area contributed by atoms with Gasteiger partial charge in [0.25, 0.3) is 5.91 Å². The van der Waals surface area contributed by atoms with Crippen LogP contribution in [-0.2, 0) is 0 Å². The van der Waals surface area contributed by atoms with Crippen molar-refractivity contribution in [1.82, 2.24) is 10.2 Å². The fourth-order valence-corrected chi connectivity index (χ4v) is 1.26. The highest BCUT2D eigenvalue weighted by Gasteiger charge is 2.30. The van der Waals surface area contributed by atoms with E-state index >= 15 is 0 Å². The highest BCUT2D eigenvalue weighted by Crippen LogP contribution is 2.11. The minimum Gasteiger partial charge on any atom is -0.306 e. The van der Waals surface area contributed by atoms with E-state index in [0.717, 1.165) is 5.32 Å². The number of nitrogens with one attached hydrogen (secondary N) is 1. The van der Waals surface area contributed by atoms with Crippen LogP contribution < -0.4 is 5.32 Å². The van der Waals surface area contributed by atoms with Crippen molar-refractivity contribution in [3.8, 4) is 0 Å². The Hall–Kier alpha value is -1.56. The van der Waals surface area contributed by atoms with Gasteiger partial charge in [-0.25, -0.2) is 0 Å². The van der Waals surface area contributed by atoms with Gasteiger partial charge in [-0.3, -0.25) is 10.1 Å². The molecular formula is C12H15F3N2O. The summed E-state index contributed by atoms with van der Waals surface area (Å²) in [4.78, 5) is 13.1. The van der Waals surface area contributed by atoms with Gasteiger partial charge in [-0.2, -0.15) is 13.2 Å². The maximum atomic E-state index is 11.7. The summed E-state index contributed by atoms with van der Waals surface area (Å²) in [5.74, 6) is -1.15. The second-order valence-corrected chi connectivity index (χ2v) is 3.97. The molecule has 0 unspecified atom stereocenters. The van der Waals surface area contributed by atoms with Crippen molar-refractivity contribution in [2.45, 2.75) is 12.7 Å². The van der Waals surface area contributed by atoms with Crippen LogP contribution in [0.4, 0.5) is 13.2 Å². The Morgan fingerprint density at radius 2 is 1.72 bits per heavy atom. The highest BCUT2D eigenvalue weighted by molar-refractivity contribution is 5.94. The molecular weight excluding hydrogens is 245 g/mol. The van der Waals surface area contributed by atoms with Crippen molar-refractivity contribution in [2.24, 2.45) is 0 Å². The van der Waals surface area contributed by atoms with Crippen molar-refractivity contribution in [3.05, 3.63) is 35.9 Å². The zero-order chi connectivity index (χ0) is 13.6. The highest BCUT2D eigenvalue weighted by atomic mass is 19.4. The minimum atomic E-state index is -4.67. The fourth-order valence-electron chi connectivity index (χ4n) is 1.26. The lowest BCUT2D eigenvalue weighted by atomic mass is 10.2. The van der Waals surface area contributed by atoms with Crippen LogP contribution >= 0.6 is 0 Å².